The number of benzene rings is 2. The quantitative estimate of drug-likeness (QED) is 0.378. The van der Waals surface area contributed by atoms with Crippen molar-refractivity contribution in [3.8, 4) is 11.4 Å². The molecule has 0 saturated carbocycles. The van der Waals surface area contributed by atoms with E-state index in [1.807, 2.05) is 0 Å². The molecule has 3 rings (SSSR count). The normalized spacial score (nSPS) is 10.5. The zero-order valence-corrected chi connectivity index (χ0v) is 13.6. The Morgan fingerprint density at radius 2 is 2.00 bits per heavy atom. The zero-order chi connectivity index (χ0) is 18.7. The van der Waals surface area contributed by atoms with Gasteiger partial charge in [-0.2, -0.15) is 4.98 Å². The summed E-state index contributed by atoms with van der Waals surface area (Å²) < 4.78 is 22.9. The van der Waals surface area contributed by atoms with Gasteiger partial charge in [0.25, 0.3) is 11.6 Å². The summed E-state index contributed by atoms with van der Waals surface area (Å²) in [4.78, 5) is 26.2. The fourth-order valence-electron chi connectivity index (χ4n) is 2.02. The zero-order valence-electron chi connectivity index (χ0n) is 12.9. The Kier molecular flexibility index (Phi) is 4.90. The van der Waals surface area contributed by atoms with Gasteiger partial charge in [0.15, 0.2) is 6.61 Å². The highest BCUT2D eigenvalue weighted by Crippen LogP contribution is 2.23. The van der Waals surface area contributed by atoms with E-state index in [9.17, 15) is 19.3 Å². The van der Waals surface area contributed by atoms with Gasteiger partial charge in [-0.05, 0) is 30.3 Å². The van der Waals surface area contributed by atoms with E-state index < -0.39 is 16.7 Å². The van der Waals surface area contributed by atoms with Crippen LogP contribution in [0.25, 0.3) is 11.4 Å². The molecule has 0 spiro atoms. The van der Waals surface area contributed by atoms with Gasteiger partial charge >= 0.3 is 5.97 Å². The molecule has 2 aromatic carbocycles. The molecule has 0 bridgehead atoms. The summed E-state index contributed by atoms with van der Waals surface area (Å²) in [5.41, 5.74) is 0.0753. The van der Waals surface area contributed by atoms with E-state index in [-0.39, 0.29) is 34.6 Å². The molecule has 132 valence electrons. The maximum atomic E-state index is 12.9. The number of nitro groups is 1. The number of halogens is 2. The maximum Gasteiger partial charge on any atom is 0.340 e. The van der Waals surface area contributed by atoms with Crippen LogP contribution >= 0.6 is 11.6 Å². The number of non-ortho nitro benzene ring substituents is 1. The second-order valence-corrected chi connectivity index (χ2v) is 5.42. The number of hydrogen-bond donors (Lipinski definition) is 0. The van der Waals surface area contributed by atoms with E-state index in [1.54, 1.807) is 0 Å². The SMILES string of the molecule is O=C(OCc1nc(-c2ccc(F)cc2)no1)c1cc([N+](=O)[O-])ccc1Cl. The number of carbonyl (C=O) groups excluding carboxylic acids is 1. The van der Waals surface area contributed by atoms with Crippen LogP contribution in [0.4, 0.5) is 10.1 Å². The predicted molar refractivity (Wildman–Crippen MR) is 86.9 cm³/mol. The van der Waals surface area contributed by atoms with Crippen molar-refractivity contribution in [3.63, 3.8) is 0 Å². The molecule has 3 aromatic rings. The number of carbonyl (C=O) groups is 1. The van der Waals surface area contributed by atoms with Gasteiger partial charge in [-0.3, -0.25) is 10.1 Å². The Labute approximate surface area is 150 Å². The van der Waals surface area contributed by atoms with Crippen molar-refractivity contribution in [2.45, 2.75) is 6.61 Å². The van der Waals surface area contributed by atoms with Crippen molar-refractivity contribution in [2.24, 2.45) is 0 Å². The van der Waals surface area contributed by atoms with E-state index in [2.05, 4.69) is 10.1 Å². The molecule has 10 heteroatoms. The fraction of sp³-hybridized carbons (Fsp3) is 0.0625. The van der Waals surface area contributed by atoms with Gasteiger partial charge in [0, 0.05) is 17.7 Å². The molecule has 26 heavy (non-hydrogen) atoms. The average Bonchev–Trinajstić information content (AvgIpc) is 3.09. The largest absolute Gasteiger partial charge is 0.452 e. The van der Waals surface area contributed by atoms with Crippen LogP contribution in [0.2, 0.25) is 5.02 Å². The van der Waals surface area contributed by atoms with Crippen molar-refractivity contribution in [1.82, 2.24) is 10.1 Å². The first-order valence-electron chi connectivity index (χ1n) is 7.13. The number of esters is 1. The Bertz CT molecular complexity index is 974. The molecule has 0 aliphatic heterocycles. The van der Waals surface area contributed by atoms with Crippen molar-refractivity contribution in [1.29, 1.82) is 0 Å². The minimum Gasteiger partial charge on any atom is -0.452 e. The lowest BCUT2D eigenvalue weighted by atomic mass is 10.2. The highest BCUT2D eigenvalue weighted by molar-refractivity contribution is 6.33. The van der Waals surface area contributed by atoms with Crippen LogP contribution in [-0.4, -0.2) is 21.0 Å². The molecule has 0 fully saturated rings. The standard InChI is InChI=1S/C16H9ClFN3O5/c17-13-6-5-11(21(23)24)7-12(13)16(22)25-8-14-19-15(20-26-14)9-1-3-10(18)4-2-9/h1-7H,8H2. The Morgan fingerprint density at radius 1 is 1.27 bits per heavy atom. The molecule has 0 atom stereocenters. The summed E-state index contributed by atoms with van der Waals surface area (Å²) in [5, 5.41) is 14.5. The Morgan fingerprint density at radius 3 is 2.69 bits per heavy atom. The smallest absolute Gasteiger partial charge is 0.340 e. The van der Waals surface area contributed by atoms with Gasteiger partial charge in [0.1, 0.15) is 5.82 Å². The first kappa shape index (κ1) is 17.5. The fourth-order valence-corrected chi connectivity index (χ4v) is 2.21. The second kappa shape index (κ2) is 7.28. The summed E-state index contributed by atoms with van der Waals surface area (Å²) in [6.07, 6.45) is 0. The Balaban J connectivity index is 1.70. The molecule has 0 saturated heterocycles. The second-order valence-electron chi connectivity index (χ2n) is 5.02. The summed E-state index contributed by atoms with van der Waals surface area (Å²) in [6, 6.07) is 8.85. The van der Waals surface area contributed by atoms with Crippen molar-refractivity contribution < 1.29 is 23.4 Å². The highest BCUT2D eigenvalue weighted by atomic mass is 35.5. The lowest BCUT2D eigenvalue weighted by molar-refractivity contribution is -0.384. The number of ether oxygens (including phenoxy) is 1. The van der Waals surface area contributed by atoms with Crippen molar-refractivity contribution in [3.05, 3.63) is 74.9 Å². The maximum absolute atomic E-state index is 12.9. The van der Waals surface area contributed by atoms with Crippen LogP contribution in [0.3, 0.4) is 0 Å². The number of rotatable bonds is 5. The van der Waals surface area contributed by atoms with Crippen LogP contribution < -0.4 is 0 Å². The lowest BCUT2D eigenvalue weighted by Gasteiger charge is -2.03. The molecule has 0 N–H and O–H groups in total. The van der Waals surface area contributed by atoms with Crippen LogP contribution in [0, 0.1) is 15.9 Å². The van der Waals surface area contributed by atoms with Crippen LogP contribution in [0.5, 0.6) is 0 Å². The molecular weight excluding hydrogens is 369 g/mol. The van der Waals surface area contributed by atoms with E-state index in [4.69, 9.17) is 20.9 Å². The van der Waals surface area contributed by atoms with Gasteiger partial charge in [-0.15, -0.1) is 0 Å². The molecule has 0 unspecified atom stereocenters. The van der Waals surface area contributed by atoms with Crippen molar-refractivity contribution >= 4 is 23.3 Å². The first-order valence-corrected chi connectivity index (χ1v) is 7.51. The minimum atomic E-state index is -0.875. The summed E-state index contributed by atoms with van der Waals surface area (Å²) in [7, 11) is 0. The lowest BCUT2D eigenvalue weighted by Crippen LogP contribution is -2.07. The molecule has 1 heterocycles. The monoisotopic (exact) mass is 377 g/mol. The van der Waals surface area contributed by atoms with Crippen LogP contribution in [0.15, 0.2) is 47.0 Å². The summed E-state index contributed by atoms with van der Waals surface area (Å²) in [5.74, 6) is -1.08. The summed E-state index contributed by atoms with van der Waals surface area (Å²) in [6.45, 7) is -0.355. The van der Waals surface area contributed by atoms with Crippen molar-refractivity contribution in [2.75, 3.05) is 0 Å². The van der Waals surface area contributed by atoms with E-state index >= 15 is 0 Å². The van der Waals surface area contributed by atoms with Crippen LogP contribution in [-0.2, 0) is 11.3 Å². The first-order chi connectivity index (χ1) is 12.4. The third-order valence-electron chi connectivity index (χ3n) is 3.28. The third kappa shape index (κ3) is 3.83. The number of nitro benzene ring substituents is 1. The predicted octanol–water partition coefficient (Wildman–Crippen LogP) is 3.79. The van der Waals surface area contributed by atoms with Gasteiger partial charge in [-0.1, -0.05) is 16.8 Å². The van der Waals surface area contributed by atoms with E-state index in [0.29, 0.717) is 5.56 Å². The number of hydrogen-bond acceptors (Lipinski definition) is 7. The molecule has 0 aliphatic carbocycles. The molecule has 1 aromatic heterocycles. The third-order valence-corrected chi connectivity index (χ3v) is 3.61. The molecular formula is C16H9ClFN3O5. The number of nitrogens with zero attached hydrogens (tertiary/aromatic N) is 3. The highest BCUT2D eigenvalue weighted by Gasteiger charge is 2.18. The molecule has 0 amide bonds. The van der Waals surface area contributed by atoms with Gasteiger partial charge in [-0.25, -0.2) is 9.18 Å². The van der Waals surface area contributed by atoms with Gasteiger partial charge < -0.3 is 9.26 Å². The average molecular weight is 378 g/mol. The topological polar surface area (TPSA) is 108 Å². The molecule has 0 aliphatic rings. The van der Waals surface area contributed by atoms with E-state index in [0.717, 1.165) is 6.07 Å². The number of aromatic nitrogens is 2. The van der Waals surface area contributed by atoms with Gasteiger partial charge in [0.05, 0.1) is 15.5 Å². The van der Waals surface area contributed by atoms with Gasteiger partial charge in [0.2, 0.25) is 5.82 Å². The summed E-state index contributed by atoms with van der Waals surface area (Å²) >= 11 is 5.87. The minimum absolute atomic E-state index is 0.000715. The van der Waals surface area contributed by atoms with E-state index in [1.165, 1.54) is 36.4 Å². The molecule has 8 nitrogen and oxygen atoms in total. The Hall–Kier alpha value is -3.33. The van der Waals surface area contributed by atoms with Crippen LogP contribution in [0.1, 0.15) is 16.2 Å². The molecule has 0 radical (unpaired) electrons.